The summed E-state index contributed by atoms with van der Waals surface area (Å²) in [5, 5.41) is 3.04. The number of hydrogen-bond donors (Lipinski definition) is 1. The molecule has 1 aromatic rings. The standard InChI is InChI=1S/C16H24N2O2/c1-18(2)11-16(19)17-10-13-6-4-5-12-9-14(20-3)7-8-15(12)13/h7-9,13H,4-6,10-11H2,1-3H3,(H,17,19)/t13-/m1/s1. The number of rotatable bonds is 5. The van der Waals surface area contributed by atoms with Crippen LogP contribution in [-0.2, 0) is 11.2 Å². The third kappa shape index (κ3) is 3.73. The summed E-state index contributed by atoms with van der Waals surface area (Å²) in [5.74, 6) is 1.44. The number of amides is 1. The largest absolute Gasteiger partial charge is 0.497 e. The Morgan fingerprint density at radius 3 is 2.95 bits per heavy atom. The average molecular weight is 276 g/mol. The summed E-state index contributed by atoms with van der Waals surface area (Å²) in [6.07, 6.45) is 3.42. The molecule has 1 aromatic carbocycles. The van der Waals surface area contributed by atoms with Crippen molar-refractivity contribution in [2.45, 2.75) is 25.2 Å². The molecule has 4 heteroatoms. The molecule has 0 saturated heterocycles. The summed E-state index contributed by atoms with van der Waals surface area (Å²) >= 11 is 0. The molecule has 0 heterocycles. The molecule has 0 aromatic heterocycles. The van der Waals surface area contributed by atoms with Crippen molar-refractivity contribution in [2.75, 3.05) is 34.3 Å². The van der Waals surface area contributed by atoms with Crippen LogP contribution in [0.15, 0.2) is 18.2 Å². The fourth-order valence-electron chi connectivity index (χ4n) is 2.81. The molecule has 1 atom stereocenters. The molecular formula is C16H24N2O2. The minimum absolute atomic E-state index is 0.0932. The molecule has 0 spiro atoms. The van der Waals surface area contributed by atoms with E-state index in [1.807, 2.05) is 25.1 Å². The normalized spacial score (nSPS) is 17.7. The molecule has 0 radical (unpaired) electrons. The third-order valence-electron chi connectivity index (χ3n) is 3.79. The van der Waals surface area contributed by atoms with E-state index in [1.54, 1.807) is 7.11 Å². The Morgan fingerprint density at radius 2 is 2.25 bits per heavy atom. The van der Waals surface area contributed by atoms with Gasteiger partial charge in [-0.3, -0.25) is 4.79 Å². The second-order valence-corrected chi connectivity index (χ2v) is 5.70. The highest BCUT2D eigenvalue weighted by Crippen LogP contribution is 2.33. The van der Waals surface area contributed by atoms with Crippen molar-refractivity contribution in [3.63, 3.8) is 0 Å². The monoisotopic (exact) mass is 276 g/mol. The van der Waals surface area contributed by atoms with E-state index in [9.17, 15) is 4.79 Å². The summed E-state index contributed by atoms with van der Waals surface area (Å²) in [6, 6.07) is 6.29. The SMILES string of the molecule is COc1ccc2c(c1)CCC[C@@H]2CNC(=O)CN(C)C. The number of carbonyl (C=O) groups excluding carboxylic acids is 1. The molecule has 20 heavy (non-hydrogen) atoms. The zero-order chi connectivity index (χ0) is 14.5. The number of methoxy groups -OCH3 is 1. The first-order valence-electron chi connectivity index (χ1n) is 7.18. The molecule has 1 aliphatic carbocycles. The van der Waals surface area contributed by atoms with Crippen LogP contribution in [0, 0.1) is 0 Å². The van der Waals surface area contributed by atoms with Crippen molar-refractivity contribution in [1.29, 1.82) is 0 Å². The van der Waals surface area contributed by atoms with Crippen LogP contribution in [-0.4, -0.2) is 45.1 Å². The van der Waals surface area contributed by atoms with Crippen LogP contribution in [0.25, 0.3) is 0 Å². The van der Waals surface area contributed by atoms with E-state index >= 15 is 0 Å². The first kappa shape index (κ1) is 14.9. The molecule has 1 amide bonds. The van der Waals surface area contributed by atoms with Gasteiger partial charge in [-0.2, -0.15) is 0 Å². The van der Waals surface area contributed by atoms with Gasteiger partial charge in [0, 0.05) is 12.5 Å². The van der Waals surface area contributed by atoms with Gasteiger partial charge in [0.25, 0.3) is 0 Å². The Bertz CT molecular complexity index is 472. The molecule has 1 aliphatic rings. The molecule has 0 saturated carbocycles. The van der Waals surface area contributed by atoms with Crippen LogP contribution in [0.4, 0.5) is 0 Å². The summed E-state index contributed by atoms with van der Waals surface area (Å²) in [4.78, 5) is 13.6. The number of ether oxygens (including phenoxy) is 1. The van der Waals surface area contributed by atoms with Crippen LogP contribution in [0.1, 0.15) is 29.9 Å². The first-order valence-corrected chi connectivity index (χ1v) is 7.18. The Hall–Kier alpha value is -1.55. The van der Waals surface area contributed by atoms with Crippen molar-refractivity contribution in [1.82, 2.24) is 10.2 Å². The number of likely N-dealkylation sites (N-methyl/N-ethyl adjacent to an activating group) is 1. The van der Waals surface area contributed by atoms with Crippen molar-refractivity contribution in [2.24, 2.45) is 0 Å². The summed E-state index contributed by atoms with van der Waals surface area (Å²) in [5.41, 5.74) is 2.73. The van der Waals surface area contributed by atoms with Gasteiger partial charge in [-0.05, 0) is 56.6 Å². The molecule has 0 fully saturated rings. The highest BCUT2D eigenvalue weighted by atomic mass is 16.5. The number of nitrogens with zero attached hydrogens (tertiary/aromatic N) is 1. The van der Waals surface area contributed by atoms with Gasteiger partial charge in [0.05, 0.1) is 13.7 Å². The number of hydrogen-bond acceptors (Lipinski definition) is 3. The van der Waals surface area contributed by atoms with Gasteiger partial charge in [0.2, 0.25) is 5.91 Å². The first-order chi connectivity index (χ1) is 9.60. The van der Waals surface area contributed by atoms with Crippen LogP contribution in [0.5, 0.6) is 5.75 Å². The smallest absolute Gasteiger partial charge is 0.234 e. The van der Waals surface area contributed by atoms with E-state index < -0.39 is 0 Å². The van der Waals surface area contributed by atoms with Gasteiger partial charge in [-0.25, -0.2) is 0 Å². The molecule has 2 rings (SSSR count). The van der Waals surface area contributed by atoms with Crippen LogP contribution < -0.4 is 10.1 Å². The Kier molecular flexibility index (Phi) is 5.01. The van der Waals surface area contributed by atoms with Gasteiger partial charge in [0.15, 0.2) is 0 Å². The van der Waals surface area contributed by atoms with Crippen LogP contribution >= 0.6 is 0 Å². The summed E-state index contributed by atoms with van der Waals surface area (Å²) in [7, 11) is 5.51. The van der Waals surface area contributed by atoms with Crippen molar-refractivity contribution >= 4 is 5.91 Å². The number of nitrogens with one attached hydrogen (secondary N) is 1. The molecule has 0 unspecified atom stereocenters. The summed E-state index contributed by atoms with van der Waals surface area (Å²) in [6.45, 7) is 1.17. The van der Waals surface area contributed by atoms with Crippen molar-refractivity contribution < 1.29 is 9.53 Å². The fourth-order valence-corrected chi connectivity index (χ4v) is 2.81. The molecule has 1 N–H and O–H groups in total. The van der Waals surface area contributed by atoms with Crippen LogP contribution in [0.3, 0.4) is 0 Å². The molecule has 4 nitrogen and oxygen atoms in total. The van der Waals surface area contributed by atoms with Gasteiger partial charge < -0.3 is 15.0 Å². The van der Waals surface area contributed by atoms with Crippen LogP contribution in [0.2, 0.25) is 0 Å². The Balaban J connectivity index is 2.00. The maximum absolute atomic E-state index is 11.7. The molecule has 0 aliphatic heterocycles. The second-order valence-electron chi connectivity index (χ2n) is 5.70. The molecule has 110 valence electrons. The maximum atomic E-state index is 11.7. The minimum atomic E-state index is 0.0932. The van der Waals surface area contributed by atoms with E-state index in [0.29, 0.717) is 12.5 Å². The highest BCUT2D eigenvalue weighted by Gasteiger charge is 2.21. The average Bonchev–Trinajstić information content (AvgIpc) is 2.43. The highest BCUT2D eigenvalue weighted by molar-refractivity contribution is 5.78. The zero-order valence-corrected chi connectivity index (χ0v) is 12.6. The quantitative estimate of drug-likeness (QED) is 0.891. The minimum Gasteiger partial charge on any atom is -0.497 e. The molecule has 0 bridgehead atoms. The number of carbonyl (C=O) groups is 1. The topological polar surface area (TPSA) is 41.6 Å². The predicted molar refractivity (Wildman–Crippen MR) is 80.2 cm³/mol. The van der Waals surface area contributed by atoms with Crippen molar-refractivity contribution in [3.05, 3.63) is 29.3 Å². The van der Waals surface area contributed by atoms with Gasteiger partial charge in [-0.15, -0.1) is 0 Å². The number of fused-ring (bicyclic) bond motifs is 1. The van der Waals surface area contributed by atoms with E-state index in [2.05, 4.69) is 17.4 Å². The van der Waals surface area contributed by atoms with E-state index in [4.69, 9.17) is 4.74 Å². The lowest BCUT2D eigenvalue weighted by molar-refractivity contribution is -0.121. The van der Waals surface area contributed by atoms with E-state index in [-0.39, 0.29) is 5.91 Å². The number of benzene rings is 1. The molecular weight excluding hydrogens is 252 g/mol. The predicted octanol–water partition coefficient (Wildman–Crippen LogP) is 1.79. The Labute approximate surface area is 121 Å². The lowest BCUT2D eigenvalue weighted by Crippen LogP contribution is -2.36. The Morgan fingerprint density at radius 1 is 1.45 bits per heavy atom. The van der Waals surface area contributed by atoms with Gasteiger partial charge >= 0.3 is 0 Å². The van der Waals surface area contributed by atoms with Gasteiger partial charge in [-0.1, -0.05) is 6.07 Å². The van der Waals surface area contributed by atoms with E-state index in [1.165, 1.54) is 17.5 Å². The second kappa shape index (κ2) is 6.75. The third-order valence-corrected chi connectivity index (χ3v) is 3.79. The fraction of sp³-hybridized carbons (Fsp3) is 0.562. The maximum Gasteiger partial charge on any atom is 0.234 e. The zero-order valence-electron chi connectivity index (χ0n) is 12.6. The van der Waals surface area contributed by atoms with Crippen molar-refractivity contribution in [3.8, 4) is 5.75 Å². The number of aryl methyl sites for hydroxylation is 1. The lowest BCUT2D eigenvalue weighted by Gasteiger charge is -2.26. The lowest BCUT2D eigenvalue weighted by atomic mass is 9.82. The van der Waals surface area contributed by atoms with E-state index in [0.717, 1.165) is 25.1 Å². The summed E-state index contributed by atoms with van der Waals surface area (Å²) < 4.78 is 5.28. The van der Waals surface area contributed by atoms with Gasteiger partial charge in [0.1, 0.15) is 5.75 Å².